The molecule has 0 saturated heterocycles. The molecule has 172 valence electrons. The van der Waals surface area contributed by atoms with Gasteiger partial charge in [-0.1, -0.05) is 59.1 Å². The fraction of sp³-hybridized carbons (Fsp3) is 0.300. The summed E-state index contributed by atoms with van der Waals surface area (Å²) in [6.45, 7) is 6.04. The average molecular weight is 524 g/mol. The molecule has 1 aromatic heterocycles. The van der Waals surface area contributed by atoms with E-state index in [1.807, 2.05) is 0 Å². The van der Waals surface area contributed by atoms with Crippen molar-refractivity contribution in [3.8, 4) is 5.69 Å². The summed E-state index contributed by atoms with van der Waals surface area (Å²) in [7, 11) is 1.32. The van der Waals surface area contributed by atoms with Crippen LogP contribution in [0.3, 0.4) is 0 Å². The third-order valence-corrected chi connectivity index (χ3v) is 5.12. The molecule has 8 nitrogen and oxygen atoms in total. The number of carbonyl (C=O) groups is 2. The smallest absolute Gasteiger partial charge is 0.350 e. The molecule has 0 fully saturated rings. The van der Waals surface area contributed by atoms with Crippen LogP contribution in [0.4, 0.5) is 0 Å². The number of hydrogen-bond donors (Lipinski definition) is 0. The number of aromatic nitrogens is 2. The minimum Gasteiger partial charge on any atom is -0.459 e. The van der Waals surface area contributed by atoms with Gasteiger partial charge in [-0.05, 0) is 32.0 Å². The summed E-state index contributed by atoms with van der Waals surface area (Å²) in [5, 5.41) is -0.0307. The molecular weight excluding hydrogens is 506 g/mol. The Bertz CT molecular complexity index is 1190. The van der Waals surface area contributed by atoms with E-state index in [9.17, 15) is 19.2 Å². The lowest BCUT2D eigenvalue weighted by Gasteiger charge is -2.23. The molecule has 0 saturated carbocycles. The SMILES string of the molecule is C=CCOC(=O)C(C)(C)OC(=O)c1cc(-n2c(=O)cc(C(Cl)(Cl)Cl)n(C)c2=O)ccc1Cl. The number of benzene rings is 1. The van der Waals surface area contributed by atoms with Crippen molar-refractivity contribution in [2.75, 3.05) is 6.61 Å². The van der Waals surface area contributed by atoms with Gasteiger partial charge in [0, 0.05) is 13.1 Å². The van der Waals surface area contributed by atoms with Crippen LogP contribution in [0.2, 0.25) is 5.02 Å². The van der Waals surface area contributed by atoms with Crippen LogP contribution in [0.15, 0.2) is 46.5 Å². The molecule has 0 aliphatic rings. The fourth-order valence-corrected chi connectivity index (χ4v) is 3.32. The summed E-state index contributed by atoms with van der Waals surface area (Å²) in [5.41, 5.74) is -3.58. The van der Waals surface area contributed by atoms with Gasteiger partial charge in [0.2, 0.25) is 9.39 Å². The zero-order valence-corrected chi connectivity index (χ0v) is 20.2. The lowest BCUT2D eigenvalue weighted by atomic mass is 10.1. The van der Waals surface area contributed by atoms with E-state index in [2.05, 4.69) is 6.58 Å². The molecule has 0 bridgehead atoms. The van der Waals surface area contributed by atoms with Crippen LogP contribution in [-0.2, 0) is 25.1 Å². The first kappa shape index (κ1) is 26.0. The first-order valence-corrected chi connectivity index (χ1v) is 10.4. The maximum atomic E-state index is 12.8. The predicted octanol–water partition coefficient (Wildman–Crippen LogP) is 3.68. The highest BCUT2D eigenvalue weighted by atomic mass is 35.6. The molecule has 1 heterocycles. The Labute approximate surface area is 202 Å². The summed E-state index contributed by atoms with van der Waals surface area (Å²) in [5.74, 6) is -1.77. The lowest BCUT2D eigenvalue weighted by Crippen LogP contribution is -2.40. The highest BCUT2D eigenvalue weighted by Crippen LogP contribution is 2.36. The Kier molecular flexibility index (Phi) is 7.88. The van der Waals surface area contributed by atoms with Gasteiger partial charge in [0.05, 0.1) is 22.0 Å². The molecule has 2 aromatic rings. The first-order chi connectivity index (χ1) is 14.7. The molecule has 0 aliphatic heterocycles. The van der Waals surface area contributed by atoms with Crippen LogP contribution in [0.5, 0.6) is 0 Å². The van der Waals surface area contributed by atoms with Crippen molar-refractivity contribution in [3.63, 3.8) is 0 Å². The zero-order valence-electron chi connectivity index (χ0n) is 17.2. The molecule has 0 N–H and O–H groups in total. The van der Waals surface area contributed by atoms with Crippen LogP contribution in [0.1, 0.15) is 29.9 Å². The van der Waals surface area contributed by atoms with Gasteiger partial charge in [-0.15, -0.1) is 0 Å². The lowest BCUT2D eigenvalue weighted by molar-refractivity contribution is -0.161. The van der Waals surface area contributed by atoms with Gasteiger partial charge in [-0.25, -0.2) is 19.0 Å². The molecule has 0 radical (unpaired) electrons. The number of ether oxygens (including phenoxy) is 2. The Hall–Kier alpha value is -2.26. The number of rotatable bonds is 6. The van der Waals surface area contributed by atoms with Gasteiger partial charge in [-0.3, -0.25) is 9.36 Å². The molecule has 0 spiro atoms. The zero-order chi connectivity index (χ0) is 24.4. The number of esters is 2. The van der Waals surface area contributed by atoms with Crippen LogP contribution in [0, 0.1) is 0 Å². The van der Waals surface area contributed by atoms with Gasteiger partial charge in [0.25, 0.3) is 5.56 Å². The van der Waals surface area contributed by atoms with Crippen molar-refractivity contribution in [1.82, 2.24) is 9.13 Å². The number of nitrogens with zero attached hydrogens (tertiary/aromatic N) is 2. The van der Waals surface area contributed by atoms with E-state index in [4.69, 9.17) is 55.9 Å². The van der Waals surface area contributed by atoms with E-state index in [-0.39, 0.29) is 28.6 Å². The second-order valence-corrected chi connectivity index (χ2v) is 9.68. The Morgan fingerprint density at radius 1 is 1.16 bits per heavy atom. The van der Waals surface area contributed by atoms with Crippen LogP contribution >= 0.6 is 46.4 Å². The quantitative estimate of drug-likeness (QED) is 0.325. The van der Waals surface area contributed by atoms with Crippen LogP contribution < -0.4 is 11.2 Å². The third-order valence-electron chi connectivity index (χ3n) is 4.21. The summed E-state index contributed by atoms with van der Waals surface area (Å²) in [6, 6.07) is 4.80. The predicted molar refractivity (Wildman–Crippen MR) is 122 cm³/mol. The maximum absolute atomic E-state index is 12.8. The summed E-state index contributed by atoms with van der Waals surface area (Å²) < 4.78 is 9.90. The molecule has 1 aromatic carbocycles. The monoisotopic (exact) mass is 522 g/mol. The molecule has 2 rings (SSSR count). The Morgan fingerprint density at radius 2 is 1.78 bits per heavy atom. The molecule has 0 amide bonds. The molecule has 0 atom stereocenters. The normalized spacial score (nSPS) is 11.7. The first-order valence-electron chi connectivity index (χ1n) is 8.92. The van der Waals surface area contributed by atoms with Gasteiger partial charge in [0.1, 0.15) is 6.61 Å². The molecular formula is C20H18Cl4N2O6. The second-order valence-electron chi connectivity index (χ2n) is 6.99. The van der Waals surface area contributed by atoms with E-state index < -0.39 is 32.6 Å². The van der Waals surface area contributed by atoms with Crippen molar-refractivity contribution in [2.24, 2.45) is 7.05 Å². The van der Waals surface area contributed by atoms with E-state index in [0.717, 1.165) is 15.2 Å². The van der Waals surface area contributed by atoms with Gasteiger partial charge in [-0.2, -0.15) is 0 Å². The van der Waals surface area contributed by atoms with Crippen molar-refractivity contribution >= 4 is 58.3 Å². The highest BCUT2D eigenvalue weighted by Gasteiger charge is 2.35. The number of hydrogen-bond acceptors (Lipinski definition) is 6. The van der Waals surface area contributed by atoms with E-state index in [0.29, 0.717) is 0 Å². The largest absolute Gasteiger partial charge is 0.459 e. The van der Waals surface area contributed by atoms with Gasteiger partial charge in [0.15, 0.2) is 0 Å². The van der Waals surface area contributed by atoms with Crippen molar-refractivity contribution in [1.29, 1.82) is 0 Å². The standard InChI is InChI=1S/C20H18Cl4N2O6/c1-5-8-31-17(29)19(2,3)32-16(28)12-9-11(6-7-13(12)21)26-15(27)10-14(20(22,23)24)25(4)18(26)30/h5-7,9-10H,1,8H2,2-4H3. The Balaban J connectivity index is 2.51. The van der Waals surface area contributed by atoms with Crippen LogP contribution in [-0.4, -0.2) is 33.3 Å². The average Bonchev–Trinajstić information content (AvgIpc) is 2.68. The minimum atomic E-state index is -2.01. The fourth-order valence-electron chi connectivity index (χ4n) is 2.58. The third kappa shape index (κ3) is 5.56. The van der Waals surface area contributed by atoms with E-state index in [1.165, 1.54) is 45.2 Å². The van der Waals surface area contributed by atoms with Gasteiger partial charge < -0.3 is 9.47 Å². The second kappa shape index (κ2) is 9.70. The molecule has 0 aliphatic carbocycles. The molecule has 12 heteroatoms. The van der Waals surface area contributed by atoms with Crippen molar-refractivity contribution < 1.29 is 19.1 Å². The summed E-state index contributed by atoms with van der Waals surface area (Å²) >= 11 is 23.6. The summed E-state index contributed by atoms with van der Waals surface area (Å²) in [6.07, 6.45) is 1.36. The number of carbonyl (C=O) groups excluding carboxylic acids is 2. The van der Waals surface area contributed by atoms with Crippen molar-refractivity contribution in [2.45, 2.75) is 23.2 Å². The number of halogens is 4. The van der Waals surface area contributed by atoms with Gasteiger partial charge >= 0.3 is 17.6 Å². The maximum Gasteiger partial charge on any atom is 0.350 e. The Morgan fingerprint density at radius 3 is 2.34 bits per heavy atom. The molecule has 0 unspecified atom stereocenters. The minimum absolute atomic E-state index is 0.00913. The van der Waals surface area contributed by atoms with E-state index in [1.54, 1.807) is 0 Å². The van der Waals surface area contributed by atoms with Crippen molar-refractivity contribution in [3.05, 3.63) is 74.0 Å². The summed E-state index contributed by atoms with van der Waals surface area (Å²) in [4.78, 5) is 50.2. The molecule has 32 heavy (non-hydrogen) atoms. The van der Waals surface area contributed by atoms with Crippen LogP contribution in [0.25, 0.3) is 5.69 Å². The number of alkyl halides is 3. The van der Waals surface area contributed by atoms with E-state index >= 15 is 0 Å². The topological polar surface area (TPSA) is 96.6 Å². The highest BCUT2D eigenvalue weighted by molar-refractivity contribution is 6.66.